The van der Waals surface area contributed by atoms with Crippen molar-refractivity contribution in [1.82, 2.24) is 20.1 Å². The number of hydrogen-bond acceptors (Lipinski definition) is 6. The molecule has 0 saturated carbocycles. The van der Waals surface area contributed by atoms with Gasteiger partial charge in [0.15, 0.2) is 0 Å². The number of nitrogens with one attached hydrogen (secondary N) is 1. The van der Waals surface area contributed by atoms with Gasteiger partial charge in [-0.15, -0.1) is 0 Å². The van der Waals surface area contributed by atoms with E-state index in [0.29, 0.717) is 0 Å². The quantitative estimate of drug-likeness (QED) is 0.741. The standard InChI is InChI=1S/C7H13N5S/c1-12(7-9-10-11-13-7)5-6-2-3-8-4-6/h6,8H,2-5H2,1H3. The maximum absolute atomic E-state index is 3.92. The summed E-state index contributed by atoms with van der Waals surface area (Å²) >= 11 is 1.35. The van der Waals surface area contributed by atoms with Crippen LogP contribution in [0.5, 0.6) is 0 Å². The number of hydrogen-bond donors (Lipinski definition) is 1. The second-order valence-corrected chi connectivity index (χ2v) is 4.10. The van der Waals surface area contributed by atoms with Crippen molar-refractivity contribution in [1.29, 1.82) is 0 Å². The van der Waals surface area contributed by atoms with Gasteiger partial charge >= 0.3 is 0 Å². The Bertz CT molecular complexity index is 243. The van der Waals surface area contributed by atoms with Crippen molar-refractivity contribution >= 4 is 16.7 Å². The average Bonchev–Trinajstić information content (AvgIpc) is 2.74. The molecule has 72 valence electrons. The predicted molar refractivity (Wildman–Crippen MR) is 52.0 cm³/mol. The Morgan fingerprint density at radius 3 is 3.23 bits per heavy atom. The summed E-state index contributed by atoms with van der Waals surface area (Å²) in [6, 6.07) is 0. The lowest BCUT2D eigenvalue weighted by Crippen LogP contribution is -2.26. The summed E-state index contributed by atoms with van der Waals surface area (Å²) in [7, 11) is 2.04. The summed E-state index contributed by atoms with van der Waals surface area (Å²) in [5.74, 6) is 0.744. The van der Waals surface area contributed by atoms with Gasteiger partial charge in [-0.05, 0) is 30.6 Å². The van der Waals surface area contributed by atoms with Gasteiger partial charge in [0.25, 0.3) is 0 Å². The maximum Gasteiger partial charge on any atom is 0.227 e. The van der Waals surface area contributed by atoms with Crippen LogP contribution in [0.2, 0.25) is 0 Å². The number of aromatic nitrogens is 3. The van der Waals surface area contributed by atoms with E-state index in [1.165, 1.54) is 18.0 Å². The largest absolute Gasteiger partial charge is 0.348 e. The first-order valence-electron chi connectivity index (χ1n) is 4.43. The lowest BCUT2D eigenvalue weighted by molar-refractivity contribution is 0.577. The Morgan fingerprint density at radius 1 is 1.69 bits per heavy atom. The van der Waals surface area contributed by atoms with E-state index in [4.69, 9.17) is 0 Å². The number of nitrogens with zero attached hydrogens (tertiary/aromatic N) is 4. The zero-order chi connectivity index (χ0) is 9.10. The minimum absolute atomic E-state index is 0.744. The molecule has 13 heavy (non-hydrogen) atoms. The molecule has 0 aliphatic carbocycles. The van der Waals surface area contributed by atoms with Gasteiger partial charge in [0.2, 0.25) is 5.13 Å². The minimum Gasteiger partial charge on any atom is -0.348 e. The minimum atomic E-state index is 0.744. The summed E-state index contributed by atoms with van der Waals surface area (Å²) in [6.07, 6.45) is 1.26. The molecule has 2 heterocycles. The monoisotopic (exact) mass is 199 g/mol. The highest BCUT2D eigenvalue weighted by Crippen LogP contribution is 2.15. The van der Waals surface area contributed by atoms with Crippen LogP contribution in [0.3, 0.4) is 0 Å². The molecule has 1 aliphatic rings. The predicted octanol–water partition coefficient (Wildman–Crippen LogP) is -0.0212. The lowest BCUT2D eigenvalue weighted by atomic mass is 10.1. The maximum atomic E-state index is 3.92. The van der Waals surface area contributed by atoms with E-state index < -0.39 is 0 Å². The third kappa shape index (κ3) is 2.13. The molecule has 1 unspecified atom stereocenters. The van der Waals surface area contributed by atoms with Gasteiger partial charge in [0, 0.05) is 25.1 Å². The third-order valence-electron chi connectivity index (χ3n) is 2.31. The van der Waals surface area contributed by atoms with Crippen molar-refractivity contribution < 1.29 is 0 Å². The Kier molecular flexibility index (Phi) is 2.70. The van der Waals surface area contributed by atoms with Crippen LogP contribution >= 0.6 is 11.5 Å². The molecule has 1 fully saturated rings. The second-order valence-electron chi connectivity index (χ2n) is 3.38. The molecular formula is C7H13N5S. The molecule has 1 aromatic heterocycles. The fourth-order valence-corrected chi connectivity index (χ4v) is 2.04. The zero-order valence-corrected chi connectivity index (χ0v) is 8.42. The van der Waals surface area contributed by atoms with Gasteiger partial charge < -0.3 is 10.2 Å². The summed E-state index contributed by atoms with van der Waals surface area (Å²) in [4.78, 5) is 2.13. The molecule has 1 N–H and O–H groups in total. The Hall–Kier alpha value is -0.750. The van der Waals surface area contributed by atoms with Crippen molar-refractivity contribution in [3.8, 4) is 0 Å². The van der Waals surface area contributed by atoms with E-state index in [0.717, 1.165) is 30.7 Å². The van der Waals surface area contributed by atoms with Gasteiger partial charge in [-0.25, -0.2) is 0 Å². The molecule has 0 amide bonds. The Morgan fingerprint density at radius 2 is 2.62 bits per heavy atom. The van der Waals surface area contributed by atoms with Crippen LogP contribution in [0, 0.1) is 5.92 Å². The first-order chi connectivity index (χ1) is 6.36. The molecule has 6 heteroatoms. The molecule has 1 atom stereocenters. The highest BCUT2D eigenvalue weighted by Gasteiger charge is 2.17. The van der Waals surface area contributed by atoms with Crippen LogP contribution in [0.4, 0.5) is 5.13 Å². The van der Waals surface area contributed by atoms with Gasteiger partial charge in [-0.1, -0.05) is 9.59 Å². The molecule has 1 aromatic rings. The van der Waals surface area contributed by atoms with Gasteiger partial charge in [0.1, 0.15) is 0 Å². The van der Waals surface area contributed by atoms with Crippen LogP contribution in [0.1, 0.15) is 6.42 Å². The third-order valence-corrected chi connectivity index (χ3v) is 3.02. The normalized spacial score (nSPS) is 22.1. The van der Waals surface area contributed by atoms with Crippen molar-refractivity contribution in [2.75, 3.05) is 31.6 Å². The van der Waals surface area contributed by atoms with Crippen molar-refractivity contribution in [3.05, 3.63) is 0 Å². The van der Waals surface area contributed by atoms with Crippen LogP contribution < -0.4 is 10.2 Å². The van der Waals surface area contributed by atoms with E-state index in [9.17, 15) is 0 Å². The molecule has 1 aliphatic heterocycles. The van der Waals surface area contributed by atoms with Crippen LogP contribution in [0.25, 0.3) is 0 Å². The Balaban J connectivity index is 1.87. The van der Waals surface area contributed by atoms with Gasteiger partial charge in [0.05, 0.1) is 0 Å². The molecular weight excluding hydrogens is 186 g/mol. The molecule has 2 rings (SSSR count). The van der Waals surface area contributed by atoms with Crippen molar-refractivity contribution in [2.24, 2.45) is 5.92 Å². The van der Waals surface area contributed by atoms with E-state index in [1.54, 1.807) is 0 Å². The first kappa shape index (κ1) is 8.83. The van der Waals surface area contributed by atoms with E-state index in [-0.39, 0.29) is 0 Å². The lowest BCUT2D eigenvalue weighted by Gasteiger charge is -2.18. The topological polar surface area (TPSA) is 53.9 Å². The van der Waals surface area contributed by atoms with E-state index in [2.05, 4.69) is 25.0 Å². The van der Waals surface area contributed by atoms with Crippen molar-refractivity contribution in [2.45, 2.75) is 6.42 Å². The average molecular weight is 199 g/mol. The van der Waals surface area contributed by atoms with Gasteiger partial charge in [-0.2, -0.15) is 0 Å². The molecule has 1 saturated heterocycles. The fourth-order valence-electron chi connectivity index (χ4n) is 1.61. The van der Waals surface area contributed by atoms with Crippen molar-refractivity contribution in [3.63, 3.8) is 0 Å². The first-order valence-corrected chi connectivity index (χ1v) is 5.20. The molecule has 5 nitrogen and oxygen atoms in total. The van der Waals surface area contributed by atoms with Crippen LogP contribution in [-0.2, 0) is 0 Å². The van der Waals surface area contributed by atoms with E-state index in [1.807, 2.05) is 7.05 Å². The SMILES string of the molecule is CN(CC1CCNC1)c1nnns1. The fraction of sp³-hybridized carbons (Fsp3) is 0.857. The smallest absolute Gasteiger partial charge is 0.227 e. The highest BCUT2D eigenvalue weighted by molar-refractivity contribution is 7.09. The highest BCUT2D eigenvalue weighted by atomic mass is 32.1. The molecule has 0 radical (unpaired) electrons. The second kappa shape index (κ2) is 3.97. The van der Waals surface area contributed by atoms with Gasteiger partial charge in [-0.3, -0.25) is 0 Å². The Labute approximate surface area is 81.3 Å². The summed E-state index contributed by atoms with van der Waals surface area (Å²) in [5.41, 5.74) is 0. The zero-order valence-electron chi connectivity index (χ0n) is 7.60. The summed E-state index contributed by atoms with van der Waals surface area (Å²) in [6.45, 7) is 3.31. The summed E-state index contributed by atoms with van der Waals surface area (Å²) in [5, 5.41) is 11.8. The van der Waals surface area contributed by atoms with E-state index >= 15 is 0 Å². The summed E-state index contributed by atoms with van der Waals surface area (Å²) < 4.78 is 3.74. The molecule has 0 aromatic carbocycles. The van der Waals surface area contributed by atoms with Crippen LogP contribution in [0.15, 0.2) is 0 Å². The molecule has 0 spiro atoms. The number of anilines is 1. The number of rotatable bonds is 3. The van der Waals surface area contributed by atoms with Crippen LogP contribution in [-0.4, -0.2) is 41.5 Å². The molecule has 0 bridgehead atoms.